The van der Waals surface area contributed by atoms with Gasteiger partial charge in [0, 0.05) is 26.2 Å². The number of anilines is 2. The zero-order valence-corrected chi connectivity index (χ0v) is 9.06. The molecule has 0 amide bonds. The van der Waals surface area contributed by atoms with Crippen LogP contribution in [-0.2, 0) is 0 Å². The van der Waals surface area contributed by atoms with Crippen LogP contribution < -0.4 is 10.6 Å². The van der Waals surface area contributed by atoms with E-state index in [4.69, 9.17) is 5.73 Å². The van der Waals surface area contributed by atoms with Crippen molar-refractivity contribution in [1.29, 1.82) is 0 Å². The van der Waals surface area contributed by atoms with Gasteiger partial charge in [0.25, 0.3) is 0 Å². The predicted octanol–water partition coefficient (Wildman–Crippen LogP) is 0.201. The van der Waals surface area contributed by atoms with Crippen molar-refractivity contribution in [3.8, 4) is 0 Å². The van der Waals surface area contributed by atoms with Crippen molar-refractivity contribution < 1.29 is 0 Å². The Hall–Kier alpha value is -1.36. The summed E-state index contributed by atoms with van der Waals surface area (Å²) in [6.45, 7) is 7.56. The van der Waals surface area contributed by atoms with Crippen molar-refractivity contribution in [1.82, 2.24) is 14.9 Å². The van der Waals surface area contributed by atoms with E-state index < -0.39 is 0 Å². The number of hydrogen-bond acceptors (Lipinski definition) is 5. The lowest BCUT2D eigenvalue weighted by atomic mass is 10.3. The minimum absolute atomic E-state index is 0.478. The molecule has 2 rings (SSSR count). The third-order valence-electron chi connectivity index (χ3n) is 2.80. The standard InChI is InChI=1S/C10H17N5/c1-2-14-3-5-15(6-4-14)10-8-12-9(11)7-13-10/h7-8H,2-6H2,1H3,(H2,11,12). The molecule has 1 aromatic heterocycles. The number of nitrogens with two attached hydrogens (primary N) is 1. The van der Waals surface area contributed by atoms with E-state index in [-0.39, 0.29) is 0 Å². The van der Waals surface area contributed by atoms with Gasteiger partial charge in [-0.2, -0.15) is 0 Å². The highest BCUT2D eigenvalue weighted by atomic mass is 15.3. The second-order valence-corrected chi connectivity index (χ2v) is 3.72. The monoisotopic (exact) mass is 207 g/mol. The molecule has 1 aromatic rings. The maximum atomic E-state index is 5.50. The first-order valence-electron chi connectivity index (χ1n) is 5.34. The molecule has 5 nitrogen and oxygen atoms in total. The van der Waals surface area contributed by atoms with Gasteiger partial charge in [0.1, 0.15) is 11.6 Å². The summed E-state index contributed by atoms with van der Waals surface area (Å²) in [5.41, 5.74) is 5.50. The van der Waals surface area contributed by atoms with Gasteiger partial charge in [-0.3, -0.25) is 0 Å². The third kappa shape index (κ3) is 2.36. The molecule has 1 fully saturated rings. The second kappa shape index (κ2) is 4.44. The van der Waals surface area contributed by atoms with E-state index in [9.17, 15) is 0 Å². The summed E-state index contributed by atoms with van der Waals surface area (Å²) in [6.07, 6.45) is 3.36. The van der Waals surface area contributed by atoms with Crippen molar-refractivity contribution in [2.45, 2.75) is 6.92 Å². The molecule has 2 N–H and O–H groups in total. The Morgan fingerprint density at radius 3 is 2.47 bits per heavy atom. The molecule has 82 valence electrons. The Balaban J connectivity index is 1.98. The fourth-order valence-electron chi connectivity index (χ4n) is 1.79. The Kier molecular flexibility index (Phi) is 3.01. The Morgan fingerprint density at radius 2 is 1.93 bits per heavy atom. The van der Waals surface area contributed by atoms with Crippen molar-refractivity contribution in [3.05, 3.63) is 12.4 Å². The summed E-state index contributed by atoms with van der Waals surface area (Å²) < 4.78 is 0. The highest BCUT2D eigenvalue weighted by Gasteiger charge is 2.16. The van der Waals surface area contributed by atoms with Gasteiger partial charge >= 0.3 is 0 Å². The summed E-state index contributed by atoms with van der Waals surface area (Å²) in [5, 5.41) is 0. The molecule has 0 atom stereocenters. The fourth-order valence-corrected chi connectivity index (χ4v) is 1.79. The second-order valence-electron chi connectivity index (χ2n) is 3.72. The Morgan fingerprint density at radius 1 is 1.20 bits per heavy atom. The first-order valence-corrected chi connectivity index (χ1v) is 5.34. The average molecular weight is 207 g/mol. The quantitative estimate of drug-likeness (QED) is 0.750. The van der Waals surface area contributed by atoms with Gasteiger partial charge in [0.15, 0.2) is 0 Å². The zero-order valence-electron chi connectivity index (χ0n) is 9.06. The largest absolute Gasteiger partial charge is 0.382 e. The topological polar surface area (TPSA) is 58.3 Å². The number of rotatable bonds is 2. The Labute approximate surface area is 89.9 Å². The van der Waals surface area contributed by atoms with Crippen LogP contribution in [0.2, 0.25) is 0 Å². The van der Waals surface area contributed by atoms with Crippen molar-refractivity contribution in [2.75, 3.05) is 43.4 Å². The van der Waals surface area contributed by atoms with Crippen LogP contribution in [0.1, 0.15) is 6.92 Å². The van der Waals surface area contributed by atoms with E-state index in [2.05, 4.69) is 26.7 Å². The molecule has 0 aromatic carbocycles. The van der Waals surface area contributed by atoms with Gasteiger partial charge in [-0.15, -0.1) is 0 Å². The molecule has 0 spiro atoms. The molecule has 1 aliphatic heterocycles. The van der Waals surface area contributed by atoms with E-state index in [1.807, 2.05) is 0 Å². The average Bonchev–Trinajstić information content (AvgIpc) is 2.30. The van der Waals surface area contributed by atoms with Crippen LogP contribution in [0.3, 0.4) is 0 Å². The van der Waals surface area contributed by atoms with Gasteiger partial charge in [-0.25, -0.2) is 9.97 Å². The van der Waals surface area contributed by atoms with E-state index in [1.54, 1.807) is 12.4 Å². The zero-order chi connectivity index (χ0) is 10.7. The molecule has 0 saturated carbocycles. The van der Waals surface area contributed by atoms with Gasteiger partial charge in [-0.05, 0) is 6.54 Å². The van der Waals surface area contributed by atoms with Crippen LogP contribution in [0.5, 0.6) is 0 Å². The van der Waals surface area contributed by atoms with Crippen LogP contribution >= 0.6 is 0 Å². The molecule has 0 unspecified atom stereocenters. The van der Waals surface area contributed by atoms with Crippen molar-refractivity contribution in [3.63, 3.8) is 0 Å². The molecule has 1 aliphatic rings. The number of nitrogens with zero attached hydrogens (tertiary/aromatic N) is 4. The molecular formula is C10H17N5. The van der Waals surface area contributed by atoms with Crippen LogP contribution in [0, 0.1) is 0 Å². The SMILES string of the molecule is CCN1CCN(c2cnc(N)cn2)CC1. The predicted molar refractivity (Wildman–Crippen MR) is 60.8 cm³/mol. The molecule has 2 heterocycles. The normalized spacial score (nSPS) is 18.1. The number of hydrogen-bond donors (Lipinski definition) is 1. The van der Waals surface area contributed by atoms with E-state index >= 15 is 0 Å². The number of likely N-dealkylation sites (N-methyl/N-ethyl adjacent to an activating group) is 1. The molecular weight excluding hydrogens is 190 g/mol. The maximum Gasteiger partial charge on any atom is 0.147 e. The lowest BCUT2D eigenvalue weighted by Crippen LogP contribution is -2.46. The summed E-state index contributed by atoms with van der Waals surface area (Å²) in [4.78, 5) is 13.0. The van der Waals surface area contributed by atoms with Crippen LogP contribution in [0.15, 0.2) is 12.4 Å². The Bertz CT molecular complexity index is 302. The van der Waals surface area contributed by atoms with Gasteiger partial charge in [0.05, 0.1) is 12.4 Å². The molecule has 5 heteroatoms. The molecule has 1 saturated heterocycles. The summed E-state index contributed by atoms with van der Waals surface area (Å²) in [5.74, 6) is 1.41. The fraction of sp³-hybridized carbons (Fsp3) is 0.600. The van der Waals surface area contributed by atoms with Gasteiger partial charge in [0.2, 0.25) is 0 Å². The summed E-state index contributed by atoms with van der Waals surface area (Å²) in [6, 6.07) is 0. The molecule has 0 radical (unpaired) electrons. The number of piperazine rings is 1. The third-order valence-corrected chi connectivity index (χ3v) is 2.80. The lowest BCUT2D eigenvalue weighted by molar-refractivity contribution is 0.270. The first kappa shape index (κ1) is 10.2. The smallest absolute Gasteiger partial charge is 0.147 e. The maximum absolute atomic E-state index is 5.50. The molecule has 0 bridgehead atoms. The van der Waals surface area contributed by atoms with Crippen LogP contribution in [-0.4, -0.2) is 47.6 Å². The van der Waals surface area contributed by atoms with E-state index in [0.29, 0.717) is 5.82 Å². The van der Waals surface area contributed by atoms with Gasteiger partial charge < -0.3 is 15.5 Å². The summed E-state index contributed by atoms with van der Waals surface area (Å²) in [7, 11) is 0. The van der Waals surface area contributed by atoms with E-state index in [1.165, 1.54) is 0 Å². The van der Waals surface area contributed by atoms with Crippen molar-refractivity contribution >= 4 is 11.6 Å². The highest BCUT2D eigenvalue weighted by molar-refractivity contribution is 5.39. The van der Waals surface area contributed by atoms with E-state index in [0.717, 1.165) is 38.5 Å². The van der Waals surface area contributed by atoms with Crippen molar-refractivity contribution in [2.24, 2.45) is 0 Å². The van der Waals surface area contributed by atoms with Crippen LogP contribution in [0.4, 0.5) is 11.6 Å². The highest BCUT2D eigenvalue weighted by Crippen LogP contribution is 2.12. The number of aromatic nitrogens is 2. The first-order chi connectivity index (χ1) is 7.29. The van der Waals surface area contributed by atoms with Gasteiger partial charge in [-0.1, -0.05) is 6.92 Å². The minimum Gasteiger partial charge on any atom is -0.382 e. The molecule has 15 heavy (non-hydrogen) atoms. The minimum atomic E-state index is 0.478. The molecule has 0 aliphatic carbocycles. The number of nitrogen functional groups attached to an aromatic ring is 1. The summed E-state index contributed by atoms with van der Waals surface area (Å²) >= 11 is 0. The van der Waals surface area contributed by atoms with Crippen LogP contribution in [0.25, 0.3) is 0 Å². The lowest BCUT2D eigenvalue weighted by Gasteiger charge is -2.34.